The predicted molar refractivity (Wildman–Crippen MR) is 137 cm³/mol. The SMILES string of the molecule is Cc1csc(S(=O)c2scc(C)c2-c2ccc(Cl)c([N+](=O)[O-])c2)c1-c1ccc(Cl)c([N+](=O)[O-])c1. The highest BCUT2D eigenvalue weighted by molar-refractivity contribution is 7.89. The molecule has 174 valence electrons. The standard InChI is InChI=1S/C22H14Cl2N2O5S3/c1-11-9-32-21(19(11)13-3-5-15(23)17(7-13)25(27)28)34(31)22-20(12(2)10-33-22)14-4-6-16(24)18(8-14)26(29)30/h3-10H,1-2H3. The molecule has 7 nitrogen and oxygen atoms in total. The van der Waals surface area contributed by atoms with E-state index in [0.29, 0.717) is 30.7 Å². The van der Waals surface area contributed by atoms with E-state index in [1.807, 2.05) is 24.6 Å². The molecular formula is C22H14Cl2N2O5S3. The number of benzene rings is 2. The molecule has 0 spiro atoms. The van der Waals surface area contributed by atoms with Gasteiger partial charge in [0.1, 0.15) is 29.3 Å². The number of nitro benzene ring substituents is 2. The maximum Gasteiger partial charge on any atom is 0.288 e. The monoisotopic (exact) mass is 552 g/mol. The Morgan fingerprint density at radius 3 is 1.50 bits per heavy atom. The van der Waals surface area contributed by atoms with Crippen molar-refractivity contribution >= 4 is 68.0 Å². The zero-order chi connectivity index (χ0) is 24.7. The third-order valence-electron chi connectivity index (χ3n) is 5.08. The Hall–Kier alpha value is -2.63. The van der Waals surface area contributed by atoms with Crippen LogP contribution < -0.4 is 0 Å². The van der Waals surface area contributed by atoms with Crippen LogP contribution in [0.1, 0.15) is 11.1 Å². The fourth-order valence-electron chi connectivity index (χ4n) is 3.51. The van der Waals surface area contributed by atoms with Gasteiger partial charge in [-0.05, 0) is 59.0 Å². The second-order valence-corrected chi connectivity index (χ2v) is 11.7. The summed E-state index contributed by atoms with van der Waals surface area (Å²) in [6, 6.07) is 8.98. The summed E-state index contributed by atoms with van der Waals surface area (Å²) in [5, 5.41) is 26.5. The summed E-state index contributed by atoms with van der Waals surface area (Å²) in [5.74, 6) is 0. The number of hydrogen-bond acceptors (Lipinski definition) is 7. The van der Waals surface area contributed by atoms with Crippen molar-refractivity contribution in [1.82, 2.24) is 0 Å². The lowest BCUT2D eigenvalue weighted by Crippen LogP contribution is -1.96. The fourth-order valence-corrected chi connectivity index (χ4v) is 8.22. The maximum absolute atomic E-state index is 13.8. The van der Waals surface area contributed by atoms with E-state index in [4.69, 9.17) is 23.2 Å². The first-order valence-corrected chi connectivity index (χ1v) is 13.2. The maximum atomic E-state index is 13.8. The van der Waals surface area contributed by atoms with Gasteiger partial charge in [-0.2, -0.15) is 0 Å². The largest absolute Gasteiger partial charge is 0.288 e. The van der Waals surface area contributed by atoms with E-state index in [-0.39, 0.29) is 21.4 Å². The third kappa shape index (κ3) is 4.39. The molecule has 0 N–H and O–H groups in total. The molecule has 0 amide bonds. The van der Waals surface area contributed by atoms with Crippen molar-refractivity contribution in [3.05, 3.63) is 88.6 Å². The smallest absolute Gasteiger partial charge is 0.258 e. The highest BCUT2D eigenvalue weighted by Gasteiger charge is 2.26. The number of halogens is 2. The lowest BCUT2D eigenvalue weighted by molar-refractivity contribution is -0.384. The molecule has 2 heterocycles. The second-order valence-electron chi connectivity index (χ2n) is 7.28. The minimum atomic E-state index is -1.64. The van der Waals surface area contributed by atoms with Gasteiger partial charge in [-0.1, -0.05) is 35.3 Å². The van der Waals surface area contributed by atoms with Crippen molar-refractivity contribution in [2.24, 2.45) is 0 Å². The summed E-state index contributed by atoms with van der Waals surface area (Å²) in [7, 11) is -1.64. The molecule has 2 aromatic carbocycles. The van der Waals surface area contributed by atoms with Gasteiger partial charge in [-0.25, -0.2) is 4.21 Å². The third-order valence-corrected chi connectivity index (χ3v) is 10.1. The van der Waals surface area contributed by atoms with E-state index in [0.717, 1.165) is 11.1 Å². The molecule has 0 fully saturated rings. The van der Waals surface area contributed by atoms with Crippen molar-refractivity contribution in [3.63, 3.8) is 0 Å². The van der Waals surface area contributed by atoms with Crippen LogP contribution in [0, 0.1) is 34.1 Å². The van der Waals surface area contributed by atoms with Crippen LogP contribution in [0.4, 0.5) is 11.4 Å². The Balaban J connectivity index is 1.85. The number of nitro groups is 2. The number of rotatable bonds is 6. The first kappa shape index (κ1) is 24.5. The number of nitrogens with zero attached hydrogens (tertiary/aromatic N) is 2. The summed E-state index contributed by atoms with van der Waals surface area (Å²) in [4.78, 5) is 21.6. The first-order chi connectivity index (χ1) is 16.1. The van der Waals surface area contributed by atoms with Gasteiger partial charge in [-0.3, -0.25) is 20.2 Å². The van der Waals surface area contributed by atoms with Gasteiger partial charge in [0, 0.05) is 23.3 Å². The Morgan fingerprint density at radius 1 is 0.765 bits per heavy atom. The van der Waals surface area contributed by atoms with Gasteiger partial charge in [0.2, 0.25) is 0 Å². The Kier molecular flexibility index (Phi) is 6.88. The van der Waals surface area contributed by atoms with Crippen LogP contribution in [0.5, 0.6) is 0 Å². The van der Waals surface area contributed by atoms with Crippen LogP contribution in [-0.2, 0) is 10.8 Å². The molecule has 0 atom stereocenters. The predicted octanol–water partition coefficient (Wildman–Crippen LogP) is 8.05. The number of aryl methyl sites for hydroxylation is 2. The van der Waals surface area contributed by atoms with Crippen molar-refractivity contribution in [3.8, 4) is 22.3 Å². The van der Waals surface area contributed by atoms with Gasteiger partial charge in [0.05, 0.1) is 9.85 Å². The summed E-state index contributed by atoms with van der Waals surface area (Å²) < 4.78 is 14.9. The lowest BCUT2D eigenvalue weighted by Gasteiger charge is -2.09. The van der Waals surface area contributed by atoms with E-state index in [1.165, 1.54) is 46.9 Å². The molecule has 4 aromatic rings. The van der Waals surface area contributed by atoms with Gasteiger partial charge in [0.15, 0.2) is 0 Å². The highest BCUT2D eigenvalue weighted by Crippen LogP contribution is 2.44. The van der Waals surface area contributed by atoms with Gasteiger partial charge in [0.25, 0.3) is 11.4 Å². The second kappa shape index (κ2) is 9.55. The van der Waals surface area contributed by atoms with E-state index < -0.39 is 20.6 Å². The van der Waals surface area contributed by atoms with Gasteiger partial charge >= 0.3 is 0 Å². The molecule has 2 aromatic heterocycles. The van der Waals surface area contributed by atoms with Gasteiger partial charge in [-0.15, -0.1) is 22.7 Å². The highest BCUT2D eigenvalue weighted by atomic mass is 35.5. The Morgan fingerprint density at radius 2 is 1.15 bits per heavy atom. The lowest BCUT2D eigenvalue weighted by atomic mass is 10.0. The molecule has 0 aliphatic heterocycles. The summed E-state index contributed by atoms with van der Waals surface area (Å²) in [5.41, 5.74) is 3.53. The summed E-state index contributed by atoms with van der Waals surface area (Å²) in [6.07, 6.45) is 0. The normalized spacial score (nSPS) is 11.2. The number of thiophene rings is 2. The van der Waals surface area contributed by atoms with Crippen molar-refractivity contribution in [1.29, 1.82) is 0 Å². The van der Waals surface area contributed by atoms with Crippen LogP contribution in [-0.4, -0.2) is 14.1 Å². The molecule has 0 radical (unpaired) electrons. The molecule has 0 bridgehead atoms. The average Bonchev–Trinajstić information content (AvgIpc) is 3.36. The Labute approximate surface area is 214 Å². The zero-order valence-corrected chi connectivity index (χ0v) is 21.5. The molecule has 34 heavy (non-hydrogen) atoms. The summed E-state index contributed by atoms with van der Waals surface area (Å²) in [6.45, 7) is 3.69. The first-order valence-electron chi connectivity index (χ1n) is 9.56. The molecule has 0 saturated heterocycles. The van der Waals surface area contributed by atoms with Crippen LogP contribution >= 0.6 is 45.9 Å². The quantitative estimate of drug-likeness (QED) is 0.178. The average molecular weight is 553 g/mol. The topological polar surface area (TPSA) is 103 Å². The molecule has 0 saturated carbocycles. The van der Waals surface area contributed by atoms with Gasteiger partial charge < -0.3 is 0 Å². The van der Waals surface area contributed by atoms with Crippen LogP contribution in [0.25, 0.3) is 22.3 Å². The summed E-state index contributed by atoms with van der Waals surface area (Å²) >= 11 is 14.5. The number of hydrogen-bond donors (Lipinski definition) is 0. The fraction of sp³-hybridized carbons (Fsp3) is 0.0909. The van der Waals surface area contributed by atoms with E-state index in [1.54, 1.807) is 12.1 Å². The van der Waals surface area contributed by atoms with Crippen molar-refractivity contribution in [2.75, 3.05) is 0 Å². The van der Waals surface area contributed by atoms with E-state index >= 15 is 0 Å². The molecule has 0 aliphatic carbocycles. The van der Waals surface area contributed by atoms with Crippen molar-refractivity contribution < 1.29 is 14.1 Å². The minimum absolute atomic E-state index is 0.0183. The van der Waals surface area contributed by atoms with Crippen LogP contribution in [0.3, 0.4) is 0 Å². The van der Waals surface area contributed by atoms with Crippen LogP contribution in [0.2, 0.25) is 10.0 Å². The molecular weight excluding hydrogens is 539 g/mol. The molecule has 12 heteroatoms. The Bertz CT molecular complexity index is 1390. The zero-order valence-electron chi connectivity index (χ0n) is 17.5. The minimum Gasteiger partial charge on any atom is -0.258 e. The molecule has 0 aliphatic rings. The van der Waals surface area contributed by atoms with E-state index in [9.17, 15) is 24.4 Å². The molecule has 0 unspecified atom stereocenters. The van der Waals surface area contributed by atoms with E-state index in [2.05, 4.69) is 0 Å². The van der Waals surface area contributed by atoms with Crippen molar-refractivity contribution in [2.45, 2.75) is 22.3 Å². The molecule has 4 rings (SSSR count). The van der Waals surface area contributed by atoms with Crippen LogP contribution in [0.15, 0.2) is 55.6 Å².